The lowest BCUT2D eigenvalue weighted by molar-refractivity contribution is -0.150. The third-order valence-corrected chi connectivity index (χ3v) is 9.42. The van der Waals surface area contributed by atoms with Gasteiger partial charge in [0.1, 0.15) is 6.10 Å². The van der Waals surface area contributed by atoms with Crippen LogP contribution in [0.4, 0.5) is 0 Å². The Hall–Kier alpha value is -3.74. The van der Waals surface area contributed by atoms with Gasteiger partial charge in [-0.1, -0.05) is 213 Å². The van der Waals surface area contributed by atoms with Gasteiger partial charge in [-0.2, -0.15) is 0 Å². The molecule has 0 spiro atoms. The van der Waals surface area contributed by atoms with E-state index in [-0.39, 0.29) is 31.3 Å². The molecular formula is C52H83NO5. The molecule has 0 bridgehead atoms. The number of ether oxygens (including phenoxy) is 1. The van der Waals surface area contributed by atoms with Crippen LogP contribution in [0.25, 0.3) is 0 Å². The molecule has 0 saturated heterocycles. The highest BCUT2D eigenvalue weighted by atomic mass is 16.5. The van der Waals surface area contributed by atoms with Gasteiger partial charge in [0.15, 0.2) is 0 Å². The Morgan fingerprint density at radius 2 is 1.02 bits per heavy atom. The summed E-state index contributed by atoms with van der Waals surface area (Å²) in [6.45, 7) is 6.14. The van der Waals surface area contributed by atoms with Crippen molar-refractivity contribution in [3.63, 3.8) is 0 Å². The number of hydrogen-bond donors (Lipinski definition) is 3. The van der Waals surface area contributed by atoms with Crippen molar-refractivity contribution in [2.24, 2.45) is 0 Å². The zero-order chi connectivity index (χ0) is 42.4. The van der Waals surface area contributed by atoms with Crippen molar-refractivity contribution >= 4 is 11.9 Å². The number of aliphatic hydroxyl groups excluding tert-OH is 2. The van der Waals surface area contributed by atoms with Crippen LogP contribution in [0.5, 0.6) is 0 Å². The average Bonchev–Trinajstić information content (AvgIpc) is 3.22. The Morgan fingerprint density at radius 1 is 0.552 bits per heavy atom. The lowest BCUT2D eigenvalue weighted by atomic mass is 10.0. The Bertz CT molecular complexity index is 1260. The van der Waals surface area contributed by atoms with Gasteiger partial charge in [-0.15, -0.1) is 0 Å². The van der Waals surface area contributed by atoms with E-state index in [0.29, 0.717) is 19.3 Å². The molecule has 3 atom stereocenters. The second kappa shape index (κ2) is 44.4. The first-order chi connectivity index (χ1) is 28.5. The Kier molecular flexibility index (Phi) is 41.5. The van der Waals surface area contributed by atoms with Gasteiger partial charge in [-0.25, -0.2) is 0 Å². The fraction of sp³-hybridized carbons (Fsp3) is 0.577. The standard InChI is InChI=1S/C52H83NO5/c1-4-7-10-13-16-19-22-24-25-27-29-31-34-37-40-43-48(58-52(57)45-42-39-36-33-30-26-23-20-17-14-11-8-5-2)46-51(56)53-49(47-54)50(55)44-41-38-35-32-28-21-18-15-12-9-6-3/h7-8,10-11,14,16-17,19-20,23-26,29-31,33,36-37,40,48-50,54-55H,4-6,9,12-13,15,18,21-22,27-28,32,34-35,38-39,41-47H2,1-3H3,(H,53,56)/b10-7-,11-8+,17-14+,19-16-,23-20-,25-24-,30-26-,31-29-,36-33+,40-37-. The summed E-state index contributed by atoms with van der Waals surface area (Å²) in [5.41, 5.74) is 0. The third-order valence-electron chi connectivity index (χ3n) is 9.42. The number of amides is 1. The molecule has 0 fully saturated rings. The number of carbonyl (C=O) groups is 2. The maximum Gasteiger partial charge on any atom is 0.306 e. The summed E-state index contributed by atoms with van der Waals surface area (Å²) in [5, 5.41) is 23.6. The minimum atomic E-state index is -0.830. The Labute approximate surface area is 355 Å². The number of allylic oxidation sites excluding steroid dienone is 19. The highest BCUT2D eigenvalue weighted by Crippen LogP contribution is 2.15. The summed E-state index contributed by atoms with van der Waals surface area (Å²) < 4.78 is 5.80. The first kappa shape index (κ1) is 54.3. The van der Waals surface area contributed by atoms with Gasteiger partial charge < -0.3 is 20.3 Å². The molecule has 0 aliphatic rings. The van der Waals surface area contributed by atoms with Gasteiger partial charge in [0.05, 0.1) is 25.2 Å². The number of carbonyl (C=O) groups excluding carboxylic acids is 2. The van der Waals surface area contributed by atoms with Crippen LogP contribution in [0.3, 0.4) is 0 Å². The van der Waals surface area contributed by atoms with E-state index in [2.05, 4.69) is 80.8 Å². The molecule has 1 amide bonds. The van der Waals surface area contributed by atoms with Gasteiger partial charge >= 0.3 is 5.97 Å². The van der Waals surface area contributed by atoms with Crippen LogP contribution in [-0.4, -0.2) is 46.9 Å². The molecule has 58 heavy (non-hydrogen) atoms. The monoisotopic (exact) mass is 802 g/mol. The van der Waals surface area contributed by atoms with Crippen LogP contribution < -0.4 is 5.32 Å². The van der Waals surface area contributed by atoms with Crippen molar-refractivity contribution in [2.45, 2.75) is 187 Å². The molecule has 0 radical (unpaired) electrons. The molecule has 0 aromatic heterocycles. The van der Waals surface area contributed by atoms with Crippen molar-refractivity contribution in [3.8, 4) is 0 Å². The van der Waals surface area contributed by atoms with E-state index in [4.69, 9.17) is 4.74 Å². The zero-order valence-electron chi connectivity index (χ0n) is 36.9. The van der Waals surface area contributed by atoms with Crippen LogP contribution in [0, 0.1) is 0 Å². The summed E-state index contributed by atoms with van der Waals surface area (Å²) in [6.07, 6.45) is 61.3. The van der Waals surface area contributed by atoms with Gasteiger partial charge in [0, 0.05) is 12.8 Å². The summed E-state index contributed by atoms with van der Waals surface area (Å²) in [6, 6.07) is -0.753. The van der Waals surface area contributed by atoms with Crippen molar-refractivity contribution in [1.29, 1.82) is 0 Å². The van der Waals surface area contributed by atoms with Crippen molar-refractivity contribution in [2.75, 3.05) is 6.61 Å². The molecule has 0 rings (SSSR count). The molecule has 0 saturated carbocycles. The predicted molar refractivity (Wildman–Crippen MR) is 250 cm³/mol. The van der Waals surface area contributed by atoms with E-state index in [1.807, 2.05) is 66.8 Å². The normalized spacial score (nSPS) is 14.5. The number of aliphatic hydroxyl groups is 2. The maximum atomic E-state index is 13.1. The number of hydrogen-bond acceptors (Lipinski definition) is 5. The molecule has 0 aliphatic heterocycles. The molecule has 3 unspecified atom stereocenters. The number of esters is 1. The Morgan fingerprint density at radius 3 is 1.53 bits per heavy atom. The molecule has 0 aliphatic carbocycles. The van der Waals surface area contributed by atoms with E-state index in [0.717, 1.165) is 64.2 Å². The Balaban J connectivity index is 4.92. The number of rotatable bonds is 38. The highest BCUT2D eigenvalue weighted by Gasteiger charge is 2.23. The predicted octanol–water partition coefficient (Wildman–Crippen LogP) is 13.3. The maximum absolute atomic E-state index is 13.1. The van der Waals surface area contributed by atoms with E-state index < -0.39 is 18.2 Å². The zero-order valence-corrected chi connectivity index (χ0v) is 36.9. The number of unbranched alkanes of at least 4 members (excludes halogenated alkanes) is 11. The largest absolute Gasteiger partial charge is 0.461 e. The second-order valence-corrected chi connectivity index (χ2v) is 14.8. The van der Waals surface area contributed by atoms with Crippen molar-refractivity contribution < 1.29 is 24.5 Å². The number of nitrogens with one attached hydrogen (secondary N) is 1. The summed E-state index contributed by atoms with van der Waals surface area (Å²) in [5.74, 6) is -0.685. The van der Waals surface area contributed by atoms with Gasteiger partial charge in [0.25, 0.3) is 0 Å². The quantitative estimate of drug-likeness (QED) is 0.0250. The summed E-state index contributed by atoms with van der Waals surface area (Å²) in [4.78, 5) is 25.9. The van der Waals surface area contributed by atoms with Gasteiger partial charge in [0.2, 0.25) is 5.91 Å². The molecule has 326 valence electrons. The lowest BCUT2D eigenvalue weighted by Crippen LogP contribution is -2.46. The first-order valence-corrected chi connectivity index (χ1v) is 22.8. The van der Waals surface area contributed by atoms with Gasteiger partial charge in [-0.05, 0) is 57.8 Å². The third kappa shape index (κ3) is 39.1. The van der Waals surface area contributed by atoms with E-state index in [9.17, 15) is 19.8 Å². The molecule has 0 aromatic rings. The van der Waals surface area contributed by atoms with Crippen LogP contribution in [0.1, 0.15) is 168 Å². The van der Waals surface area contributed by atoms with E-state index in [1.54, 1.807) is 0 Å². The van der Waals surface area contributed by atoms with Crippen LogP contribution in [0.15, 0.2) is 122 Å². The highest BCUT2D eigenvalue weighted by molar-refractivity contribution is 5.77. The molecule has 6 nitrogen and oxygen atoms in total. The van der Waals surface area contributed by atoms with E-state index in [1.165, 1.54) is 51.4 Å². The average molecular weight is 802 g/mol. The second-order valence-electron chi connectivity index (χ2n) is 14.8. The van der Waals surface area contributed by atoms with Crippen molar-refractivity contribution in [1.82, 2.24) is 5.32 Å². The fourth-order valence-corrected chi connectivity index (χ4v) is 6.01. The van der Waals surface area contributed by atoms with Crippen molar-refractivity contribution in [3.05, 3.63) is 122 Å². The summed E-state index contributed by atoms with van der Waals surface area (Å²) in [7, 11) is 0. The minimum absolute atomic E-state index is 0.0377. The molecule has 3 N–H and O–H groups in total. The van der Waals surface area contributed by atoms with E-state index >= 15 is 0 Å². The van der Waals surface area contributed by atoms with Crippen LogP contribution in [-0.2, 0) is 14.3 Å². The molecule has 6 heteroatoms. The fourth-order valence-electron chi connectivity index (χ4n) is 6.01. The van der Waals surface area contributed by atoms with Gasteiger partial charge in [-0.3, -0.25) is 9.59 Å². The SMILES string of the molecule is CC/C=C\C/C=C\C/C=C\C/C=C\C/C=C\CC(CC(=O)NC(CO)C(O)CCCCCCCCCCCCC)OC(=O)CCC/C=C/C=C\C=C/C=C/C=C/CC. The molecule has 0 heterocycles. The smallest absolute Gasteiger partial charge is 0.306 e. The molecule has 0 aromatic carbocycles. The minimum Gasteiger partial charge on any atom is -0.461 e. The first-order valence-electron chi connectivity index (χ1n) is 22.8. The topological polar surface area (TPSA) is 95.9 Å². The van der Waals surface area contributed by atoms with Crippen LogP contribution >= 0.6 is 0 Å². The molecular weight excluding hydrogens is 719 g/mol. The van der Waals surface area contributed by atoms with Crippen LogP contribution in [0.2, 0.25) is 0 Å². The summed E-state index contributed by atoms with van der Waals surface area (Å²) >= 11 is 0. The lowest BCUT2D eigenvalue weighted by Gasteiger charge is -2.24.